The van der Waals surface area contributed by atoms with E-state index in [-0.39, 0.29) is 5.78 Å². The number of ether oxygens (including phenoxy) is 1. The average molecular weight is 337 g/mol. The molecule has 0 saturated carbocycles. The molecule has 0 aliphatic heterocycles. The number of carbonyl (C=O) groups is 1. The Balaban J connectivity index is 1.71. The molecule has 6 nitrogen and oxygen atoms in total. The number of benzene rings is 2. The zero-order chi connectivity index (χ0) is 17.5. The first-order valence-corrected chi connectivity index (χ1v) is 8.01. The fourth-order valence-corrected chi connectivity index (χ4v) is 2.41. The second-order valence-corrected chi connectivity index (χ2v) is 5.44. The van der Waals surface area contributed by atoms with Crippen LogP contribution in [0.15, 0.2) is 59.1 Å². The minimum Gasteiger partial charge on any atom is -0.384 e. The number of anilines is 1. The molecule has 3 rings (SSSR count). The van der Waals surface area contributed by atoms with E-state index in [0.717, 1.165) is 5.69 Å². The Bertz CT molecular complexity index is 831. The first kappa shape index (κ1) is 16.9. The highest BCUT2D eigenvalue weighted by Crippen LogP contribution is 2.20. The van der Waals surface area contributed by atoms with Crippen LogP contribution in [-0.4, -0.2) is 29.6 Å². The van der Waals surface area contributed by atoms with Gasteiger partial charge in [-0.15, -0.1) is 0 Å². The maximum absolute atomic E-state index is 12.7. The van der Waals surface area contributed by atoms with Gasteiger partial charge in [-0.2, -0.15) is 4.98 Å². The molecule has 0 unspecified atom stereocenters. The van der Waals surface area contributed by atoms with Crippen LogP contribution in [0, 0.1) is 0 Å². The van der Waals surface area contributed by atoms with Crippen molar-refractivity contribution >= 4 is 11.5 Å². The van der Waals surface area contributed by atoms with Gasteiger partial charge in [-0.3, -0.25) is 4.79 Å². The van der Waals surface area contributed by atoms with E-state index in [9.17, 15) is 4.79 Å². The number of aromatic nitrogens is 2. The van der Waals surface area contributed by atoms with Crippen molar-refractivity contribution in [1.29, 1.82) is 0 Å². The number of hydrogen-bond donors (Lipinski definition) is 1. The van der Waals surface area contributed by atoms with Gasteiger partial charge in [0.1, 0.15) is 0 Å². The molecule has 0 radical (unpaired) electrons. The molecule has 0 aliphatic carbocycles. The molecular weight excluding hydrogens is 318 g/mol. The first-order chi connectivity index (χ1) is 12.3. The number of carbonyl (C=O) groups excluding carboxylic acids is 1. The lowest BCUT2D eigenvalue weighted by Crippen LogP contribution is -2.08. The summed E-state index contributed by atoms with van der Waals surface area (Å²) in [6.07, 6.45) is 0.600. The van der Waals surface area contributed by atoms with Crippen LogP contribution in [0.2, 0.25) is 0 Å². The molecule has 1 aromatic heterocycles. The number of para-hydroxylation sites is 1. The van der Waals surface area contributed by atoms with Crippen LogP contribution in [0.3, 0.4) is 0 Å². The van der Waals surface area contributed by atoms with E-state index in [1.54, 1.807) is 25.3 Å². The van der Waals surface area contributed by atoms with Gasteiger partial charge in [0.05, 0.1) is 13.2 Å². The minimum absolute atomic E-state index is 0.0324. The van der Waals surface area contributed by atoms with E-state index in [2.05, 4.69) is 15.5 Å². The van der Waals surface area contributed by atoms with E-state index >= 15 is 0 Å². The number of methoxy groups -OCH3 is 1. The molecule has 128 valence electrons. The number of rotatable bonds is 8. The maximum atomic E-state index is 12.7. The number of ketones is 1. The van der Waals surface area contributed by atoms with Gasteiger partial charge >= 0.3 is 0 Å². The maximum Gasteiger partial charge on any atom is 0.245 e. The highest BCUT2D eigenvalue weighted by molar-refractivity contribution is 6.12. The van der Waals surface area contributed by atoms with Gasteiger partial charge in [-0.25, -0.2) is 0 Å². The summed E-state index contributed by atoms with van der Waals surface area (Å²) < 4.78 is 10.2. The Morgan fingerprint density at radius 3 is 2.68 bits per heavy atom. The Labute approximate surface area is 145 Å². The summed E-state index contributed by atoms with van der Waals surface area (Å²) in [5.74, 6) is 1.04. The van der Waals surface area contributed by atoms with Crippen LogP contribution in [0.1, 0.15) is 27.6 Å². The van der Waals surface area contributed by atoms with E-state index in [0.29, 0.717) is 42.4 Å². The van der Waals surface area contributed by atoms with Crippen LogP contribution in [-0.2, 0) is 17.7 Å². The number of nitrogens with one attached hydrogen (secondary N) is 1. The molecule has 3 aromatic rings. The van der Waals surface area contributed by atoms with Crippen LogP contribution < -0.4 is 5.32 Å². The summed E-state index contributed by atoms with van der Waals surface area (Å²) in [6.45, 7) is 0.889. The van der Waals surface area contributed by atoms with Crippen LogP contribution in [0.5, 0.6) is 0 Å². The molecule has 0 spiro atoms. The van der Waals surface area contributed by atoms with Gasteiger partial charge in [-0.05, 0) is 12.1 Å². The van der Waals surface area contributed by atoms with Crippen molar-refractivity contribution in [1.82, 2.24) is 10.1 Å². The van der Waals surface area contributed by atoms with Crippen molar-refractivity contribution in [2.45, 2.75) is 13.0 Å². The molecule has 0 aliphatic rings. The van der Waals surface area contributed by atoms with Gasteiger partial charge in [0.15, 0.2) is 11.6 Å². The van der Waals surface area contributed by atoms with E-state index in [1.807, 2.05) is 36.4 Å². The smallest absolute Gasteiger partial charge is 0.245 e. The molecule has 6 heteroatoms. The number of nitrogens with zero attached hydrogens (tertiary/aromatic N) is 2. The van der Waals surface area contributed by atoms with Crippen LogP contribution in [0.4, 0.5) is 5.69 Å². The highest BCUT2D eigenvalue weighted by atomic mass is 16.5. The predicted octanol–water partition coefficient (Wildman–Crippen LogP) is 3.10. The first-order valence-electron chi connectivity index (χ1n) is 8.01. The third kappa shape index (κ3) is 4.30. The van der Waals surface area contributed by atoms with Crippen molar-refractivity contribution in [3.63, 3.8) is 0 Å². The molecule has 0 atom stereocenters. The minimum atomic E-state index is -0.0324. The Morgan fingerprint density at radius 2 is 1.88 bits per heavy atom. The second-order valence-electron chi connectivity index (χ2n) is 5.44. The fraction of sp³-hybridized carbons (Fsp3) is 0.211. The predicted molar refractivity (Wildman–Crippen MR) is 93.5 cm³/mol. The highest BCUT2D eigenvalue weighted by Gasteiger charge is 2.14. The van der Waals surface area contributed by atoms with Crippen molar-refractivity contribution in [3.8, 4) is 0 Å². The molecule has 0 fully saturated rings. The Kier molecular flexibility index (Phi) is 5.53. The SMILES string of the molecule is COCCc1noc(CNc2ccccc2C(=O)c2ccccc2)n1. The topological polar surface area (TPSA) is 77.3 Å². The summed E-state index contributed by atoms with van der Waals surface area (Å²) in [5.41, 5.74) is 1.98. The second kappa shape index (κ2) is 8.21. The Morgan fingerprint density at radius 1 is 1.12 bits per heavy atom. The monoisotopic (exact) mass is 337 g/mol. The van der Waals surface area contributed by atoms with Gasteiger partial charge < -0.3 is 14.6 Å². The lowest BCUT2D eigenvalue weighted by atomic mass is 10.0. The van der Waals surface area contributed by atoms with Crippen molar-refractivity contribution in [2.24, 2.45) is 0 Å². The zero-order valence-electron chi connectivity index (χ0n) is 13.9. The summed E-state index contributed by atoms with van der Waals surface area (Å²) in [6, 6.07) is 16.6. The van der Waals surface area contributed by atoms with Crippen LogP contribution >= 0.6 is 0 Å². The molecule has 25 heavy (non-hydrogen) atoms. The van der Waals surface area contributed by atoms with E-state index in [4.69, 9.17) is 9.26 Å². The molecular formula is C19H19N3O3. The molecule has 2 aromatic carbocycles. The standard InChI is InChI=1S/C19H19N3O3/c1-24-12-11-17-21-18(25-22-17)13-20-16-10-6-5-9-15(16)19(23)14-7-3-2-4-8-14/h2-10,20H,11-13H2,1H3. The van der Waals surface area contributed by atoms with Crippen molar-refractivity contribution < 1.29 is 14.1 Å². The Hall–Kier alpha value is -2.99. The van der Waals surface area contributed by atoms with E-state index < -0.39 is 0 Å². The molecule has 1 heterocycles. The molecule has 0 bridgehead atoms. The van der Waals surface area contributed by atoms with Gasteiger partial charge in [0.25, 0.3) is 0 Å². The lowest BCUT2D eigenvalue weighted by Gasteiger charge is -2.09. The van der Waals surface area contributed by atoms with Crippen LogP contribution in [0.25, 0.3) is 0 Å². The average Bonchev–Trinajstić information content (AvgIpc) is 3.13. The van der Waals surface area contributed by atoms with Gasteiger partial charge in [0.2, 0.25) is 5.89 Å². The summed E-state index contributed by atoms with van der Waals surface area (Å²) >= 11 is 0. The molecule has 0 amide bonds. The quantitative estimate of drug-likeness (QED) is 0.637. The normalized spacial score (nSPS) is 10.6. The lowest BCUT2D eigenvalue weighted by molar-refractivity contribution is 0.103. The zero-order valence-corrected chi connectivity index (χ0v) is 13.9. The summed E-state index contributed by atoms with van der Waals surface area (Å²) in [4.78, 5) is 17.0. The largest absolute Gasteiger partial charge is 0.384 e. The molecule has 1 N–H and O–H groups in total. The third-order valence-electron chi connectivity index (χ3n) is 3.68. The van der Waals surface area contributed by atoms with Crippen molar-refractivity contribution in [3.05, 3.63) is 77.4 Å². The van der Waals surface area contributed by atoms with Gasteiger partial charge in [-0.1, -0.05) is 47.6 Å². The van der Waals surface area contributed by atoms with Crippen molar-refractivity contribution in [2.75, 3.05) is 19.0 Å². The van der Waals surface area contributed by atoms with Gasteiger partial charge in [0, 0.05) is 30.3 Å². The summed E-state index contributed by atoms with van der Waals surface area (Å²) in [5, 5.41) is 7.10. The third-order valence-corrected chi connectivity index (χ3v) is 3.68. The number of hydrogen-bond acceptors (Lipinski definition) is 6. The van der Waals surface area contributed by atoms with E-state index in [1.165, 1.54) is 0 Å². The fourth-order valence-electron chi connectivity index (χ4n) is 2.41. The summed E-state index contributed by atoms with van der Waals surface area (Å²) in [7, 11) is 1.63. The molecule has 0 saturated heterocycles.